The fraction of sp³-hybridized carbons (Fsp3) is 0.286. The van der Waals surface area contributed by atoms with E-state index in [4.69, 9.17) is 0 Å². The maximum atomic E-state index is 10.8. The van der Waals surface area contributed by atoms with Crippen LogP contribution in [0.4, 0.5) is 0 Å². The van der Waals surface area contributed by atoms with E-state index >= 15 is 0 Å². The molecule has 2 nitrogen and oxygen atoms in total. The van der Waals surface area contributed by atoms with Gasteiger partial charge in [0.25, 0.3) is 0 Å². The molecule has 0 aliphatic heterocycles. The molecule has 1 heterocycles. The minimum absolute atomic E-state index is 0.535. The maximum Gasteiger partial charge on any atom is 0.169 e. The van der Waals surface area contributed by atoms with Crippen LogP contribution in [0.25, 0.3) is 10.6 Å². The molecule has 1 aromatic carbocycles. The van der Waals surface area contributed by atoms with Gasteiger partial charge in [0, 0.05) is 10.4 Å². The Morgan fingerprint density at radius 3 is 2.35 bits per heavy atom. The van der Waals surface area contributed by atoms with Crippen LogP contribution in [-0.4, -0.2) is 11.3 Å². The van der Waals surface area contributed by atoms with Gasteiger partial charge in [-0.2, -0.15) is 0 Å². The summed E-state index contributed by atoms with van der Waals surface area (Å²) in [5.74, 6) is 0.535. The third kappa shape index (κ3) is 2.44. The van der Waals surface area contributed by atoms with Crippen LogP contribution in [0, 0.1) is 6.92 Å². The van der Waals surface area contributed by atoms with Crippen molar-refractivity contribution in [2.75, 3.05) is 0 Å². The molecule has 2 rings (SSSR count). The van der Waals surface area contributed by atoms with Gasteiger partial charge in [-0.3, -0.25) is 4.79 Å². The molecule has 0 amide bonds. The zero-order chi connectivity index (χ0) is 12.4. The number of carbonyl (C=O) groups excluding carboxylic acids is 1. The molecule has 0 saturated heterocycles. The van der Waals surface area contributed by atoms with Gasteiger partial charge in [0.15, 0.2) is 6.29 Å². The van der Waals surface area contributed by atoms with E-state index in [1.54, 1.807) is 11.3 Å². The van der Waals surface area contributed by atoms with Crippen molar-refractivity contribution in [2.45, 2.75) is 26.7 Å². The second-order valence-corrected chi connectivity index (χ2v) is 5.56. The Morgan fingerprint density at radius 2 is 1.88 bits per heavy atom. The molecular formula is C14H15NOS. The molecule has 0 fully saturated rings. The van der Waals surface area contributed by atoms with Crippen LogP contribution < -0.4 is 0 Å². The van der Waals surface area contributed by atoms with E-state index in [9.17, 15) is 4.79 Å². The van der Waals surface area contributed by atoms with Crippen LogP contribution in [0.5, 0.6) is 0 Å². The lowest BCUT2D eigenvalue weighted by molar-refractivity contribution is 0.111. The molecule has 0 unspecified atom stereocenters. The summed E-state index contributed by atoms with van der Waals surface area (Å²) in [4.78, 5) is 16.1. The van der Waals surface area contributed by atoms with Gasteiger partial charge in [0.2, 0.25) is 0 Å². The van der Waals surface area contributed by atoms with Crippen LogP contribution in [0.1, 0.15) is 40.7 Å². The van der Waals surface area contributed by atoms with Gasteiger partial charge in [-0.25, -0.2) is 4.98 Å². The fourth-order valence-corrected chi connectivity index (χ4v) is 2.54. The predicted molar refractivity (Wildman–Crippen MR) is 71.8 cm³/mol. The largest absolute Gasteiger partial charge is 0.296 e. The zero-order valence-electron chi connectivity index (χ0n) is 10.2. The number of rotatable bonds is 3. The second-order valence-electron chi connectivity index (χ2n) is 4.36. The van der Waals surface area contributed by atoms with Gasteiger partial charge >= 0.3 is 0 Å². The highest BCUT2D eigenvalue weighted by atomic mass is 32.1. The minimum Gasteiger partial charge on any atom is -0.296 e. The smallest absolute Gasteiger partial charge is 0.169 e. The van der Waals surface area contributed by atoms with E-state index in [0.717, 1.165) is 21.7 Å². The number of nitrogens with zero attached hydrogens (tertiary/aromatic N) is 1. The van der Waals surface area contributed by atoms with Crippen molar-refractivity contribution in [3.8, 4) is 10.6 Å². The summed E-state index contributed by atoms with van der Waals surface area (Å²) in [5.41, 5.74) is 2.95. The summed E-state index contributed by atoms with van der Waals surface area (Å²) in [6.07, 6.45) is 0.817. The Labute approximate surface area is 105 Å². The van der Waals surface area contributed by atoms with E-state index < -0.39 is 0 Å². The van der Waals surface area contributed by atoms with Crippen molar-refractivity contribution in [1.29, 1.82) is 0 Å². The van der Waals surface area contributed by atoms with Crippen molar-refractivity contribution in [1.82, 2.24) is 4.98 Å². The molecule has 0 aliphatic rings. The molecule has 2 aromatic rings. The first-order valence-electron chi connectivity index (χ1n) is 5.64. The van der Waals surface area contributed by atoms with Crippen molar-refractivity contribution in [3.05, 3.63) is 40.4 Å². The summed E-state index contributed by atoms with van der Waals surface area (Å²) >= 11 is 1.56. The molecule has 0 spiro atoms. The number of carbonyl (C=O) groups is 1. The van der Waals surface area contributed by atoms with Gasteiger partial charge in [-0.05, 0) is 18.4 Å². The number of aldehydes is 1. The van der Waals surface area contributed by atoms with Crippen LogP contribution in [0.2, 0.25) is 0 Å². The lowest BCUT2D eigenvalue weighted by Crippen LogP contribution is -1.87. The van der Waals surface area contributed by atoms with E-state index in [2.05, 4.69) is 43.1 Å². The van der Waals surface area contributed by atoms with Crippen molar-refractivity contribution >= 4 is 17.6 Å². The number of aromatic nitrogens is 1. The molecule has 0 radical (unpaired) electrons. The molecule has 0 aliphatic carbocycles. The third-order valence-corrected chi connectivity index (χ3v) is 3.80. The average molecular weight is 245 g/mol. The van der Waals surface area contributed by atoms with E-state index in [1.807, 2.05) is 6.92 Å². The van der Waals surface area contributed by atoms with E-state index in [1.165, 1.54) is 5.56 Å². The number of benzene rings is 1. The highest BCUT2D eigenvalue weighted by molar-refractivity contribution is 7.15. The van der Waals surface area contributed by atoms with Crippen molar-refractivity contribution in [2.24, 2.45) is 0 Å². The summed E-state index contributed by atoms with van der Waals surface area (Å²) < 4.78 is 0. The van der Waals surface area contributed by atoms with Crippen LogP contribution in [0.15, 0.2) is 24.3 Å². The first kappa shape index (κ1) is 12.0. The topological polar surface area (TPSA) is 30.0 Å². The minimum atomic E-state index is 0.535. The lowest BCUT2D eigenvalue weighted by atomic mass is 10.0. The van der Waals surface area contributed by atoms with Gasteiger partial charge in [0.1, 0.15) is 10.7 Å². The Kier molecular flexibility index (Phi) is 3.38. The Balaban J connectivity index is 2.36. The highest BCUT2D eigenvalue weighted by Crippen LogP contribution is 2.28. The Hall–Kier alpha value is -1.48. The highest BCUT2D eigenvalue weighted by Gasteiger charge is 2.08. The SMILES string of the molecule is Cc1sc(-c2ccc(C(C)C)cc2)nc1C=O. The monoisotopic (exact) mass is 245 g/mol. The molecule has 88 valence electrons. The predicted octanol–water partition coefficient (Wildman–Crippen LogP) is 4.05. The average Bonchev–Trinajstić information content (AvgIpc) is 2.70. The van der Waals surface area contributed by atoms with Gasteiger partial charge in [-0.1, -0.05) is 38.1 Å². The fourth-order valence-electron chi connectivity index (χ4n) is 1.65. The first-order valence-corrected chi connectivity index (χ1v) is 6.46. The maximum absolute atomic E-state index is 10.8. The molecule has 17 heavy (non-hydrogen) atoms. The number of aryl methyl sites for hydroxylation is 1. The first-order chi connectivity index (χ1) is 8.11. The quantitative estimate of drug-likeness (QED) is 0.763. The van der Waals surface area contributed by atoms with Gasteiger partial charge < -0.3 is 0 Å². The number of thiazole rings is 1. The van der Waals surface area contributed by atoms with Gasteiger partial charge in [0.05, 0.1) is 0 Å². The standard InChI is InChI=1S/C14H15NOS/c1-9(2)11-4-6-12(7-5-11)14-15-13(8-16)10(3)17-14/h4-9H,1-3H3. The van der Waals surface area contributed by atoms with Crippen LogP contribution >= 0.6 is 11.3 Å². The summed E-state index contributed by atoms with van der Waals surface area (Å²) in [6.45, 7) is 6.27. The van der Waals surface area contributed by atoms with E-state index in [0.29, 0.717) is 11.6 Å². The molecule has 0 saturated carbocycles. The van der Waals surface area contributed by atoms with Crippen molar-refractivity contribution in [3.63, 3.8) is 0 Å². The van der Waals surface area contributed by atoms with Crippen LogP contribution in [0.3, 0.4) is 0 Å². The molecule has 1 aromatic heterocycles. The Morgan fingerprint density at radius 1 is 1.24 bits per heavy atom. The van der Waals surface area contributed by atoms with Crippen LogP contribution in [-0.2, 0) is 0 Å². The molecule has 0 N–H and O–H groups in total. The zero-order valence-corrected chi connectivity index (χ0v) is 11.0. The molecule has 3 heteroatoms. The Bertz CT molecular complexity index is 526. The normalized spacial score (nSPS) is 10.8. The summed E-state index contributed by atoms with van der Waals surface area (Å²) in [6, 6.07) is 8.39. The van der Waals surface area contributed by atoms with Crippen molar-refractivity contribution < 1.29 is 4.79 Å². The summed E-state index contributed by atoms with van der Waals surface area (Å²) in [7, 11) is 0. The summed E-state index contributed by atoms with van der Waals surface area (Å²) in [5, 5.41) is 0.917. The molecular weight excluding hydrogens is 230 g/mol. The number of hydrogen-bond donors (Lipinski definition) is 0. The molecule has 0 atom stereocenters. The van der Waals surface area contributed by atoms with E-state index in [-0.39, 0.29) is 0 Å². The third-order valence-electron chi connectivity index (χ3n) is 2.77. The van der Waals surface area contributed by atoms with Gasteiger partial charge in [-0.15, -0.1) is 11.3 Å². The molecule has 0 bridgehead atoms. The lowest BCUT2D eigenvalue weighted by Gasteiger charge is -2.05. The second kappa shape index (κ2) is 4.80. The number of hydrogen-bond acceptors (Lipinski definition) is 3.